The van der Waals surface area contributed by atoms with Crippen molar-refractivity contribution >= 4 is 12.2 Å². The lowest BCUT2D eigenvalue weighted by molar-refractivity contribution is -0.250. The van der Waals surface area contributed by atoms with Crippen LogP contribution >= 0.6 is 0 Å². The number of carboxylic acid groups (broad SMARTS) is 1. The molecule has 0 aliphatic carbocycles. The quantitative estimate of drug-likeness (QED) is 0.552. The fraction of sp³-hybridized carbons (Fsp3) is 0.818. The number of aliphatic hydroxyl groups excluding tert-OH is 1. The number of ether oxygens (including phenoxy) is 1. The predicted octanol–water partition coefficient (Wildman–Crippen LogP) is -0.166. The fourth-order valence-corrected chi connectivity index (χ4v) is 0.819. The van der Waals surface area contributed by atoms with Gasteiger partial charge in [-0.2, -0.15) is 0 Å². The predicted molar refractivity (Wildman–Crippen MR) is 65.0 cm³/mol. The number of unbranched alkanes of at least 4 members (excludes halogenated alkanes) is 1. The summed E-state index contributed by atoms with van der Waals surface area (Å²) < 4.78 is 4.56. The van der Waals surface area contributed by atoms with Gasteiger partial charge in [0.05, 0.1) is 6.61 Å². The van der Waals surface area contributed by atoms with Gasteiger partial charge in [-0.15, -0.1) is 0 Å². The van der Waals surface area contributed by atoms with Crippen molar-refractivity contribution < 1.29 is 24.5 Å². The first-order chi connectivity index (χ1) is 8.58. The molecule has 2 amide bonds. The molecule has 0 heterocycles. The van der Waals surface area contributed by atoms with E-state index in [1.54, 1.807) is 6.92 Å². The van der Waals surface area contributed by atoms with Gasteiger partial charge in [0.1, 0.15) is 6.09 Å². The maximum atomic E-state index is 10.5. The Bertz CT molecular complexity index is 212. The molecule has 0 aromatic carbocycles. The van der Waals surface area contributed by atoms with Crippen LogP contribution in [0.25, 0.3) is 0 Å². The Balaban J connectivity index is 0. The zero-order valence-electron chi connectivity index (χ0n) is 11.0. The van der Waals surface area contributed by atoms with Crippen molar-refractivity contribution in [2.24, 2.45) is 0 Å². The largest absolute Gasteiger partial charge is 0.530 e. The van der Waals surface area contributed by atoms with Crippen LogP contribution in [-0.2, 0) is 4.74 Å². The van der Waals surface area contributed by atoms with Crippen molar-refractivity contribution in [1.29, 1.82) is 0 Å². The normalized spacial score (nSPS) is 8.83. The average molecular weight is 263 g/mol. The standard InChI is InChI=1S/C6H13NO3.C5H11NO2/c1-2-10-6(9)7-4-3-5-8;1-2-3-4-6-5(7)8/h8H,2-5H2,1H3,(H,7,9);6H,2-4H2,1H3,(H,7,8)/p-1. The molecule has 0 atom stereocenters. The number of carbonyl (C=O) groups is 2. The summed E-state index contributed by atoms with van der Waals surface area (Å²) in [5, 5.41) is 22.6. The van der Waals surface area contributed by atoms with E-state index in [2.05, 4.69) is 15.4 Å². The summed E-state index contributed by atoms with van der Waals surface area (Å²) in [5.74, 6) is 0. The second-order valence-corrected chi connectivity index (χ2v) is 3.29. The minimum Gasteiger partial charge on any atom is -0.530 e. The summed E-state index contributed by atoms with van der Waals surface area (Å²) in [6.07, 6.45) is 0.849. The maximum absolute atomic E-state index is 10.5. The van der Waals surface area contributed by atoms with E-state index in [-0.39, 0.29) is 6.61 Å². The second-order valence-electron chi connectivity index (χ2n) is 3.29. The lowest BCUT2D eigenvalue weighted by Crippen LogP contribution is -2.36. The van der Waals surface area contributed by atoms with Gasteiger partial charge in [-0.25, -0.2) is 4.79 Å². The molecule has 108 valence electrons. The highest BCUT2D eigenvalue weighted by atomic mass is 16.5. The first kappa shape index (κ1) is 18.9. The van der Waals surface area contributed by atoms with E-state index in [1.165, 1.54) is 0 Å². The molecule has 0 aromatic heterocycles. The number of rotatable bonds is 7. The van der Waals surface area contributed by atoms with Crippen molar-refractivity contribution in [2.45, 2.75) is 33.1 Å². The van der Waals surface area contributed by atoms with Gasteiger partial charge in [-0.3, -0.25) is 0 Å². The molecular weight excluding hydrogens is 240 g/mol. The molecule has 0 saturated carbocycles. The molecule has 18 heavy (non-hydrogen) atoms. The van der Waals surface area contributed by atoms with Crippen LogP contribution in [0.1, 0.15) is 33.1 Å². The van der Waals surface area contributed by atoms with Crippen LogP contribution in [0.15, 0.2) is 0 Å². The average Bonchev–Trinajstić information content (AvgIpc) is 2.30. The van der Waals surface area contributed by atoms with Crippen LogP contribution in [0, 0.1) is 0 Å². The van der Waals surface area contributed by atoms with E-state index < -0.39 is 12.2 Å². The summed E-state index contributed by atoms with van der Waals surface area (Å²) in [6.45, 7) is 5.19. The van der Waals surface area contributed by atoms with E-state index in [0.29, 0.717) is 26.1 Å². The molecule has 0 aromatic rings. The summed E-state index contributed by atoms with van der Waals surface area (Å²) in [6, 6.07) is 0. The second kappa shape index (κ2) is 15.5. The number of hydrogen-bond donors (Lipinski definition) is 3. The van der Waals surface area contributed by atoms with Crippen molar-refractivity contribution in [3.05, 3.63) is 0 Å². The van der Waals surface area contributed by atoms with Gasteiger partial charge in [0.25, 0.3) is 0 Å². The fourth-order valence-electron chi connectivity index (χ4n) is 0.819. The van der Waals surface area contributed by atoms with Gasteiger partial charge in [-0.1, -0.05) is 13.3 Å². The summed E-state index contributed by atoms with van der Waals surface area (Å²) in [4.78, 5) is 20.2. The molecule has 0 saturated heterocycles. The molecule has 0 radical (unpaired) electrons. The highest BCUT2D eigenvalue weighted by Gasteiger charge is 1.96. The molecule has 7 nitrogen and oxygen atoms in total. The molecule has 0 aliphatic rings. The van der Waals surface area contributed by atoms with Crippen LogP contribution < -0.4 is 15.7 Å². The molecule has 0 rings (SSSR count). The smallest absolute Gasteiger partial charge is 0.407 e. The van der Waals surface area contributed by atoms with Gasteiger partial charge in [0.2, 0.25) is 0 Å². The van der Waals surface area contributed by atoms with Crippen molar-refractivity contribution in [2.75, 3.05) is 26.3 Å². The van der Waals surface area contributed by atoms with Crippen LogP contribution in [0.3, 0.4) is 0 Å². The van der Waals surface area contributed by atoms with E-state index in [0.717, 1.165) is 12.8 Å². The van der Waals surface area contributed by atoms with Crippen molar-refractivity contribution in [1.82, 2.24) is 10.6 Å². The minimum atomic E-state index is -1.18. The Morgan fingerprint density at radius 3 is 2.22 bits per heavy atom. The number of carbonyl (C=O) groups excluding carboxylic acids is 2. The van der Waals surface area contributed by atoms with Crippen LogP contribution in [0.4, 0.5) is 9.59 Å². The zero-order valence-corrected chi connectivity index (χ0v) is 11.0. The zero-order chi connectivity index (χ0) is 14.2. The lowest BCUT2D eigenvalue weighted by atomic mass is 10.3. The Labute approximate surface area is 108 Å². The van der Waals surface area contributed by atoms with Gasteiger partial charge in [0.15, 0.2) is 0 Å². The summed E-state index contributed by atoms with van der Waals surface area (Å²) >= 11 is 0. The molecule has 0 bridgehead atoms. The van der Waals surface area contributed by atoms with Crippen molar-refractivity contribution in [3.63, 3.8) is 0 Å². The monoisotopic (exact) mass is 263 g/mol. The third kappa shape index (κ3) is 20.0. The number of nitrogens with one attached hydrogen (secondary N) is 2. The Kier molecular flexibility index (Phi) is 16.2. The first-order valence-corrected chi connectivity index (χ1v) is 6.04. The molecule has 7 heteroatoms. The van der Waals surface area contributed by atoms with Crippen LogP contribution in [0.2, 0.25) is 0 Å². The van der Waals surface area contributed by atoms with Gasteiger partial charge >= 0.3 is 6.09 Å². The van der Waals surface area contributed by atoms with Gasteiger partial charge < -0.3 is 30.4 Å². The van der Waals surface area contributed by atoms with E-state index in [1.807, 2.05) is 6.92 Å². The van der Waals surface area contributed by atoms with E-state index in [9.17, 15) is 14.7 Å². The van der Waals surface area contributed by atoms with Gasteiger partial charge in [-0.05, 0) is 19.8 Å². The molecule has 0 spiro atoms. The Hall–Kier alpha value is -1.50. The summed E-state index contributed by atoms with van der Waals surface area (Å²) in [5.41, 5.74) is 0. The molecular formula is C11H23N2O5-. The lowest BCUT2D eigenvalue weighted by Gasteiger charge is -2.02. The third-order valence-corrected chi connectivity index (χ3v) is 1.68. The Morgan fingerprint density at radius 2 is 1.78 bits per heavy atom. The molecule has 0 aliphatic heterocycles. The SMILES string of the molecule is CCCCNC(=O)[O-].CCOC(=O)NCCCO. The number of amides is 2. The van der Waals surface area contributed by atoms with Gasteiger partial charge in [0, 0.05) is 19.7 Å². The van der Waals surface area contributed by atoms with Crippen molar-refractivity contribution in [3.8, 4) is 0 Å². The maximum Gasteiger partial charge on any atom is 0.407 e. The van der Waals surface area contributed by atoms with Crippen LogP contribution in [0.5, 0.6) is 0 Å². The highest BCUT2D eigenvalue weighted by molar-refractivity contribution is 5.66. The summed E-state index contributed by atoms with van der Waals surface area (Å²) in [7, 11) is 0. The molecule has 0 fully saturated rings. The number of hydrogen-bond acceptors (Lipinski definition) is 5. The van der Waals surface area contributed by atoms with E-state index in [4.69, 9.17) is 5.11 Å². The number of alkyl carbamates (subject to hydrolysis) is 1. The molecule has 3 N–H and O–H groups in total. The minimum absolute atomic E-state index is 0.0897. The molecule has 0 unspecified atom stereocenters. The van der Waals surface area contributed by atoms with Crippen LogP contribution in [-0.4, -0.2) is 43.6 Å². The number of aliphatic hydroxyl groups is 1. The third-order valence-electron chi connectivity index (χ3n) is 1.68. The van der Waals surface area contributed by atoms with E-state index >= 15 is 0 Å². The first-order valence-electron chi connectivity index (χ1n) is 6.04. The topological polar surface area (TPSA) is 111 Å². The Morgan fingerprint density at radius 1 is 1.17 bits per heavy atom. The highest BCUT2D eigenvalue weighted by Crippen LogP contribution is 1.80.